The van der Waals surface area contributed by atoms with Gasteiger partial charge in [0.15, 0.2) is 0 Å². The zero-order chi connectivity index (χ0) is 12.8. The highest BCUT2D eigenvalue weighted by Gasteiger charge is 2.10. The highest BCUT2D eigenvalue weighted by molar-refractivity contribution is 7.98. The predicted molar refractivity (Wildman–Crippen MR) is 69.0 cm³/mol. The van der Waals surface area contributed by atoms with Gasteiger partial charge in [-0.2, -0.15) is 11.8 Å². The standard InChI is InChI=1S/C13H17FO2S/c1-9(2)5-6-17-8-10-3-4-12(14)11(7-10)13(15)16/h3-4,7,9H,5-6,8H2,1-2H3,(H,15,16). The van der Waals surface area contributed by atoms with Crippen molar-refractivity contribution in [3.8, 4) is 0 Å². The second-order valence-electron chi connectivity index (χ2n) is 4.35. The maximum atomic E-state index is 13.1. The number of halogens is 1. The fourth-order valence-corrected chi connectivity index (χ4v) is 2.53. The number of rotatable bonds is 6. The van der Waals surface area contributed by atoms with Crippen LogP contribution in [0, 0.1) is 11.7 Å². The molecule has 0 saturated heterocycles. The van der Waals surface area contributed by atoms with Crippen LogP contribution in [-0.2, 0) is 5.75 Å². The van der Waals surface area contributed by atoms with E-state index in [0.29, 0.717) is 5.92 Å². The molecule has 4 heteroatoms. The number of hydrogen-bond donors (Lipinski definition) is 1. The van der Waals surface area contributed by atoms with E-state index in [-0.39, 0.29) is 5.56 Å². The van der Waals surface area contributed by atoms with Crippen molar-refractivity contribution in [2.24, 2.45) is 5.92 Å². The molecule has 0 saturated carbocycles. The largest absolute Gasteiger partial charge is 0.478 e. The van der Waals surface area contributed by atoms with Gasteiger partial charge in [-0.15, -0.1) is 0 Å². The zero-order valence-electron chi connectivity index (χ0n) is 10.1. The topological polar surface area (TPSA) is 37.3 Å². The van der Waals surface area contributed by atoms with E-state index in [1.54, 1.807) is 17.8 Å². The van der Waals surface area contributed by atoms with Crippen LogP contribution in [0.25, 0.3) is 0 Å². The molecule has 0 amide bonds. The molecule has 0 spiro atoms. The van der Waals surface area contributed by atoms with Crippen LogP contribution in [0.15, 0.2) is 18.2 Å². The minimum Gasteiger partial charge on any atom is -0.478 e. The Balaban J connectivity index is 2.54. The van der Waals surface area contributed by atoms with E-state index < -0.39 is 11.8 Å². The van der Waals surface area contributed by atoms with Gasteiger partial charge in [0.05, 0.1) is 5.56 Å². The van der Waals surface area contributed by atoms with Gasteiger partial charge in [-0.25, -0.2) is 9.18 Å². The average Bonchev–Trinajstić information content (AvgIpc) is 2.25. The van der Waals surface area contributed by atoms with Gasteiger partial charge in [0, 0.05) is 5.75 Å². The molecule has 0 atom stereocenters. The highest BCUT2D eigenvalue weighted by atomic mass is 32.2. The Morgan fingerprint density at radius 3 is 2.76 bits per heavy atom. The lowest BCUT2D eigenvalue weighted by Crippen LogP contribution is -2.01. The van der Waals surface area contributed by atoms with Gasteiger partial charge in [-0.3, -0.25) is 0 Å². The monoisotopic (exact) mass is 256 g/mol. The summed E-state index contributed by atoms with van der Waals surface area (Å²) in [7, 11) is 0. The fraction of sp³-hybridized carbons (Fsp3) is 0.462. The smallest absolute Gasteiger partial charge is 0.338 e. The average molecular weight is 256 g/mol. The van der Waals surface area contributed by atoms with E-state index in [2.05, 4.69) is 13.8 Å². The van der Waals surface area contributed by atoms with Crippen LogP contribution in [-0.4, -0.2) is 16.8 Å². The first-order chi connectivity index (χ1) is 8.00. The van der Waals surface area contributed by atoms with E-state index in [9.17, 15) is 9.18 Å². The highest BCUT2D eigenvalue weighted by Crippen LogP contribution is 2.18. The van der Waals surface area contributed by atoms with Crippen LogP contribution >= 0.6 is 11.8 Å². The molecule has 0 unspecified atom stereocenters. The second-order valence-corrected chi connectivity index (χ2v) is 5.46. The summed E-state index contributed by atoms with van der Waals surface area (Å²) in [5.74, 6) is 0.556. The fourth-order valence-electron chi connectivity index (χ4n) is 1.34. The Hall–Kier alpha value is -1.03. The molecule has 0 aliphatic carbocycles. The first-order valence-corrected chi connectivity index (χ1v) is 6.75. The Kier molecular flexibility index (Phi) is 5.48. The second kappa shape index (κ2) is 6.64. The van der Waals surface area contributed by atoms with Gasteiger partial charge in [0.1, 0.15) is 5.82 Å². The minimum atomic E-state index is -1.21. The number of carboxylic acids is 1. The number of benzene rings is 1. The van der Waals surface area contributed by atoms with Crippen molar-refractivity contribution in [3.63, 3.8) is 0 Å². The van der Waals surface area contributed by atoms with Gasteiger partial charge in [0.25, 0.3) is 0 Å². The van der Waals surface area contributed by atoms with E-state index in [1.807, 2.05) is 0 Å². The molecule has 17 heavy (non-hydrogen) atoms. The third-order valence-corrected chi connectivity index (χ3v) is 3.43. The summed E-state index contributed by atoms with van der Waals surface area (Å²) in [6.07, 6.45) is 1.14. The number of carboxylic acid groups (broad SMARTS) is 1. The third kappa shape index (κ3) is 4.77. The molecule has 2 nitrogen and oxygen atoms in total. The summed E-state index contributed by atoms with van der Waals surface area (Å²) in [5, 5.41) is 8.79. The Morgan fingerprint density at radius 1 is 1.47 bits per heavy atom. The lowest BCUT2D eigenvalue weighted by Gasteiger charge is -2.05. The lowest BCUT2D eigenvalue weighted by molar-refractivity contribution is 0.0692. The van der Waals surface area contributed by atoms with Gasteiger partial charge in [0.2, 0.25) is 0 Å². The molecule has 1 rings (SSSR count). The van der Waals surface area contributed by atoms with E-state index >= 15 is 0 Å². The quantitative estimate of drug-likeness (QED) is 0.786. The molecule has 1 aromatic carbocycles. The maximum absolute atomic E-state index is 13.1. The number of hydrogen-bond acceptors (Lipinski definition) is 2. The number of thioether (sulfide) groups is 1. The van der Waals surface area contributed by atoms with Crippen LogP contribution in [0.1, 0.15) is 36.2 Å². The Bertz CT molecular complexity index is 391. The SMILES string of the molecule is CC(C)CCSCc1ccc(F)c(C(=O)O)c1. The van der Waals surface area contributed by atoms with Crippen molar-refractivity contribution in [2.75, 3.05) is 5.75 Å². The van der Waals surface area contributed by atoms with Gasteiger partial charge in [-0.1, -0.05) is 19.9 Å². The van der Waals surface area contributed by atoms with Crippen LogP contribution in [0.2, 0.25) is 0 Å². The predicted octanol–water partition coefficient (Wildman–Crippen LogP) is 3.80. The van der Waals surface area contributed by atoms with E-state index in [1.165, 1.54) is 12.1 Å². The molecule has 0 radical (unpaired) electrons. The van der Waals surface area contributed by atoms with Crippen molar-refractivity contribution in [1.29, 1.82) is 0 Å². The van der Waals surface area contributed by atoms with E-state index in [0.717, 1.165) is 23.5 Å². The molecule has 0 heterocycles. The Morgan fingerprint density at radius 2 is 2.18 bits per heavy atom. The van der Waals surface area contributed by atoms with Gasteiger partial charge >= 0.3 is 5.97 Å². The van der Waals surface area contributed by atoms with Crippen LogP contribution < -0.4 is 0 Å². The molecule has 94 valence electrons. The first-order valence-electron chi connectivity index (χ1n) is 5.60. The summed E-state index contributed by atoms with van der Waals surface area (Å²) in [6.45, 7) is 4.34. The molecule has 0 bridgehead atoms. The molecule has 0 aromatic heterocycles. The van der Waals surface area contributed by atoms with Crippen LogP contribution in [0.4, 0.5) is 4.39 Å². The van der Waals surface area contributed by atoms with Gasteiger partial charge in [-0.05, 0) is 35.8 Å². The summed E-state index contributed by atoms with van der Waals surface area (Å²) < 4.78 is 13.1. The molecule has 1 aromatic rings. The van der Waals surface area contributed by atoms with Crippen LogP contribution in [0.5, 0.6) is 0 Å². The maximum Gasteiger partial charge on any atom is 0.338 e. The Labute approximate surface area is 105 Å². The summed E-state index contributed by atoms with van der Waals surface area (Å²) in [6, 6.07) is 4.28. The van der Waals surface area contributed by atoms with Crippen molar-refractivity contribution in [1.82, 2.24) is 0 Å². The van der Waals surface area contributed by atoms with E-state index in [4.69, 9.17) is 5.11 Å². The minimum absolute atomic E-state index is 0.244. The number of aromatic carboxylic acids is 1. The van der Waals surface area contributed by atoms with Gasteiger partial charge < -0.3 is 5.11 Å². The summed E-state index contributed by atoms with van der Waals surface area (Å²) in [5.41, 5.74) is 0.615. The number of carbonyl (C=O) groups is 1. The molecule has 0 fully saturated rings. The normalized spacial score (nSPS) is 10.8. The lowest BCUT2D eigenvalue weighted by atomic mass is 10.1. The molecular formula is C13H17FO2S. The summed E-state index contributed by atoms with van der Waals surface area (Å²) >= 11 is 1.75. The third-order valence-electron chi connectivity index (χ3n) is 2.37. The van der Waals surface area contributed by atoms with Crippen molar-refractivity contribution in [3.05, 3.63) is 35.1 Å². The zero-order valence-corrected chi connectivity index (χ0v) is 10.9. The van der Waals surface area contributed by atoms with Crippen LogP contribution in [0.3, 0.4) is 0 Å². The summed E-state index contributed by atoms with van der Waals surface area (Å²) in [4.78, 5) is 10.7. The molecule has 0 aliphatic heterocycles. The molecule has 0 aliphatic rings. The van der Waals surface area contributed by atoms with Crippen molar-refractivity contribution in [2.45, 2.75) is 26.0 Å². The first kappa shape index (κ1) is 14.0. The molecular weight excluding hydrogens is 239 g/mol. The van der Waals surface area contributed by atoms with Crippen molar-refractivity contribution < 1.29 is 14.3 Å². The molecule has 1 N–H and O–H groups in total. The van der Waals surface area contributed by atoms with Crippen molar-refractivity contribution >= 4 is 17.7 Å².